The first-order valence-corrected chi connectivity index (χ1v) is 11.2. The summed E-state index contributed by atoms with van der Waals surface area (Å²) in [5, 5.41) is 2.65. The van der Waals surface area contributed by atoms with Gasteiger partial charge in [0.2, 0.25) is 0 Å². The van der Waals surface area contributed by atoms with Crippen LogP contribution in [0.4, 0.5) is 5.69 Å². The molecule has 1 fully saturated rings. The van der Waals surface area contributed by atoms with Gasteiger partial charge in [0.25, 0.3) is 11.8 Å². The molecule has 8 heteroatoms. The van der Waals surface area contributed by atoms with Gasteiger partial charge < -0.3 is 24.4 Å². The molecule has 33 heavy (non-hydrogen) atoms. The number of esters is 1. The molecule has 0 bridgehead atoms. The van der Waals surface area contributed by atoms with Crippen molar-refractivity contribution in [2.24, 2.45) is 0 Å². The topological polar surface area (TPSA) is 94.2 Å². The van der Waals surface area contributed by atoms with Crippen LogP contribution in [0.15, 0.2) is 48.5 Å². The zero-order valence-electron chi connectivity index (χ0n) is 19.0. The van der Waals surface area contributed by atoms with Crippen LogP contribution in [0.5, 0.6) is 5.75 Å². The van der Waals surface area contributed by atoms with Crippen LogP contribution < -0.4 is 10.1 Å². The van der Waals surface area contributed by atoms with E-state index in [9.17, 15) is 14.4 Å². The Kier molecular flexibility index (Phi) is 8.83. The van der Waals surface area contributed by atoms with Gasteiger partial charge in [-0.3, -0.25) is 9.59 Å². The fourth-order valence-electron chi connectivity index (χ4n) is 3.45. The molecule has 0 saturated carbocycles. The maximum absolute atomic E-state index is 12.3. The van der Waals surface area contributed by atoms with E-state index in [2.05, 4.69) is 5.32 Å². The minimum absolute atomic E-state index is 0.0601. The minimum Gasteiger partial charge on any atom is -0.491 e. The van der Waals surface area contributed by atoms with E-state index in [4.69, 9.17) is 14.2 Å². The third-order valence-electron chi connectivity index (χ3n) is 5.35. The highest BCUT2D eigenvalue weighted by Gasteiger charge is 2.17. The Morgan fingerprint density at radius 1 is 1.00 bits per heavy atom. The number of anilines is 1. The number of nitrogens with zero attached hydrogens (tertiary/aromatic N) is 1. The second-order valence-electron chi connectivity index (χ2n) is 7.65. The predicted molar refractivity (Wildman–Crippen MR) is 124 cm³/mol. The van der Waals surface area contributed by atoms with Crippen molar-refractivity contribution in [1.29, 1.82) is 0 Å². The number of hydrogen-bond donors (Lipinski definition) is 1. The Morgan fingerprint density at radius 3 is 2.27 bits per heavy atom. The summed E-state index contributed by atoms with van der Waals surface area (Å²) in [6.07, 6.45) is 2.16. The fourth-order valence-corrected chi connectivity index (χ4v) is 3.45. The first-order chi connectivity index (χ1) is 16.0. The third-order valence-corrected chi connectivity index (χ3v) is 5.35. The van der Waals surface area contributed by atoms with Crippen molar-refractivity contribution < 1.29 is 28.6 Å². The van der Waals surface area contributed by atoms with Crippen LogP contribution in [0.25, 0.3) is 0 Å². The minimum atomic E-state index is -0.601. The van der Waals surface area contributed by atoms with Gasteiger partial charge in [-0.05, 0) is 75.2 Å². The standard InChI is InChI=1S/C25H30N2O6/c1-3-27(4-2)24(29)18-7-11-20(12-8-18)26-23(28)17-33-25(30)19-9-13-21(14-10-19)32-16-22-6-5-15-31-22/h7-14,22H,3-6,15-17H2,1-2H3,(H,26,28). The summed E-state index contributed by atoms with van der Waals surface area (Å²) in [5.74, 6) is -0.489. The molecule has 1 aliphatic rings. The second-order valence-corrected chi connectivity index (χ2v) is 7.65. The number of benzene rings is 2. The van der Waals surface area contributed by atoms with Crippen molar-refractivity contribution in [3.63, 3.8) is 0 Å². The molecule has 1 heterocycles. The van der Waals surface area contributed by atoms with Gasteiger partial charge in [-0.25, -0.2) is 4.79 Å². The molecule has 176 valence electrons. The quantitative estimate of drug-likeness (QED) is 0.552. The van der Waals surface area contributed by atoms with E-state index in [-0.39, 0.29) is 12.0 Å². The molecular weight excluding hydrogens is 424 g/mol. The van der Waals surface area contributed by atoms with Gasteiger partial charge in [-0.2, -0.15) is 0 Å². The summed E-state index contributed by atoms with van der Waals surface area (Å²) in [6.45, 7) is 5.94. The van der Waals surface area contributed by atoms with E-state index in [0.717, 1.165) is 19.4 Å². The molecule has 1 N–H and O–H groups in total. The van der Waals surface area contributed by atoms with Crippen LogP contribution in [-0.4, -0.2) is 61.7 Å². The average molecular weight is 455 g/mol. The number of carbonyl (C=O) groups excluding carboxylic acids is 3. The smallest absolute Gasteiger partial charge is 0.338 e. The third kappa shape index (κ3) is 7.05. The van der Waals surface area contributed by atoms with Crippen molar-refractivity contribution in [3.8, 4) is 5.75 Å². The van der Waals surface area contributed by atoms with Crippen molar-refractivity contribution in [1.82, 2.24) is 4.90 Å². The summed E-state index contributed by atoms with van der Waals surface area (Å²) in [4.78, 5) is 38.4. The monoisotopic (exact) mass is 454 g/mol. The lowest BCUT2D eigenvalue weighted by atomic mass is 10.2. The molecule has 0 aliphatic carbocycles. The second kappa shape index (κ2) is 12.0. The van der Waals surface area contributed by atoms with Gasteiger partial charge in [0, 0.05) is 30.9 Å². The Bertz CT molecular complexity index is 932. The van der Waals surface area contributed by atoms with Crippen molar-refractivity contribution >= 4 is 23.5 Å². The zero-order chi connectivity index (χ0) is 23.6. The molecule has 1 saturated heterocycles. The Hall–Kier alpha value is -3.39. The first-order valence-electron chi connectivity index (χ1n) is 11.2. The number of hydrogen-bond acceptors (Lipinski definition) is 6. The number of amides is 2. The van der Waals surface area contributed by atoms with Gasteiger partial charge in [-0.1, -0.05) is 0 Å². The first kappa shape index (κ1) is 24.3. The van der Waals surface area contributed by atoms with Gasteiger partial charge in [0.1, 0.15) is 12.4 Å². The maximum Gasteiger partial charge on any atom is 0.338 e. The van der Waals surface area contributed by atoms with E-state index in [1.807, 2.05) is 13.8 Å². The Morgan fingerprint density at radius 2 is 1.67 bits per heavy atom. The summed E-state index contributed by atoms with van der Waals surface area (Å²) in [7, 11) is 0. The van der Waals surface area contributed by atoms with Crippen LogP contribution in [0, 0.1) is 0 Å². The number of nitrogens with one attached hydrogen (secondary N) is 1. The molecule has 0 radical (unpaired) electrons. The molecule has 2 aromatic rings. The van der Waals surface area contributed by atoms with Crippen LogP contribution in [0.2, 0.25) is 0 Å². The fraction of sp³-hybridized carbons (Fsp3) is 0.400. The highest BCUT2D eigenvalue weighted by Crippen LogP contribution is 2.17. The SMILES string of the molecule is CCN(CC)C(=O)c1ccc(NC(=O)COC(=O)c2ccc(OCC3CCCO3)cc2)cc1. The lowest BCUT2D eigenvalue weighted by Gasteiger charge is -2.18. The van der Waals surface area contributed by atoms with Gasteiger partial charge in [-0.15, -0.1) is 0 Å². The zero-order valence-corrected chi connectivity index (χ0v) is 19.0. The van der Waals surface area contributed by atoms with Crippen LogP contribution >= 0.6 is 0 Å². The van der Waals surface area contributed by atoms with Crippen LogP contribution in [-0.2, 0) is 14.3 Å². The molecular formula is C25H30N2O6. The van der Waals surface area contributed by atoms with E-state index >= 15 is 0 Å². The number of rotatable bonds is 10. The van der Waals surface area contributed by atoms with Crippen molar-refractivity contribution in [2.75, 3.05) is 38.2 Å². The molecule has 3 rings (SSSR count). The highest BCUT2D eigenvalue weighted by molar-refractivity contribution is 5.97. The Balaban J connectivity index is 1.43. The predicted octanol–water partition coefficient (Wildman–Crippen LogP) is 3.52. The number of carbonyl (C=O) groups is 3. The molecule has 0 spiro atoms. The van der Waals surface area contributed by atoms with E-state index in [0.29, 0.717) is 42.3 Å². The normalized spacial score (nSPS) is 15.0. The summed E-state index contributed by atoms with van der Waals surface area (Å²) < 4.78 is 16.3. The summed E-state index contributed by atoms with van der Waals surface area (Å²) in [5.41, 5.74) is 1.39. The Labute approximate surface area is 193 Å². The lowest BCUT2D eigenvalue weighted by Crippen LogP contribution is -2.30. The van der Waals surface area contributed by atoms with Gasteiger partial charge in [0.05, 0.1) is 11.7 Å². The molecule has 1 atom stereocenters. The summed E-state index contributed by atoms with van der Waals surface area (Å²) in [6, 6.07) is 13.2. The molecule has 2 amide bonds. The number of ether oxygens (including phenoxy) is 3. The van der Waals surface area contributed by atoms with Crippen molar-refractivity contribution in [2.45, 2.75) is 32.8 Å². The largest absolute Gasteiger partial charge is 0.491 e. The van der Waals surface area contributed by atoms with Crippen LogP contribution in [0.1, 0.15) is 47.4 Å². The van der Waals surface area contributed by atoms with E-state index in [1.54, 1.807) is 53.4 Å². The highest BCUT2D eigenvalue weighted by atomic mass is 16.5. The lowest BCUT2D eigenvalue weighted by molar-refractivity contribution is -0.119. The van der Waals surface area contributed by atoms with E-state index in [1.165, 1.54) is 0 Å². The van der Waals surface area contributed by atoms with Crippen LogP contribution in [0.3, 0.4) is 0 Å². The molecule has 1 unspecified atom stereocenters. The molecule has 1 aliphatic heterocycles. The van der Waals surface area contributed by atoms with Gasteiger partial charge >= 0.3 is 5.97 Å². The van der Waals surface area contributed by atoms with Crippen molar-refractivity contribution in [3.05, 3.63) is 59.7 Å². The average Bonchev–Trinajstić information content (AvgIpc) is 3.36. The van der Waals surface area contributed by atoms with Gasteiger partial charge in [0.15, 0.2) is 6.61 Å². The van der Waals surface area contributed by atoms with E-state index < -0.39 is 18.5 Å². The molecule has 2 aromatic carbocycles. The maximum atomic E-state index is 12.3. The summed E-state index contributed by atoms with van der Waals surface area (Å²) >= 11 is 0. The molecule has 0 aromatic heterocycles. The molecule has 8 nitrogen and oxygen atoms in total.